The molecule has 0 aromatic heterocycles. The first-order chi connectivity index (χ1) is 10.0. The second-order valence-electron chi connectivity index (χ2n) is 5.48. The van der Waals surface area contributed by atoms with Crippen LogP contribution in [-0.2, 0) is 21.3 Å². The Labute approximate surface area is 130 Å². The van der Waals surface area contributed by atoms with Gasteiger partial charge in [-0.2, -0.15) is 4.31 Å². The highest BCUT2D eigenvalue weighted by Crippen LogP contribution is 2.34. The minimum Gasteiger partial charge on any atom is -0.375 e. The van der Waals surface area contributed by atoms with Crippen LogP contribution in [0.1, 0.15) is 24.8 Å². The first-order valence-electron chi connectivity index (χ1n) is 7.16. The van der Waals surface area contributed by atoms with Gasteiger partial charge in [0.25, 0.3) is 0 Å². The van der Waals surface area contributed by atoms with E-state index in [-0.39, 0.29) is 17.0 Å². The summed E-state index contributed by atoms with van der Waals surface area (Å²) in [4.78, 5) is 0.234. The molecule has 1 saturated carbocycles. The fourth-order valence-corrected chi connectivity index (χ4v) is 5.19. The highest BCUT2D eigenvalue weighted by molar-refractivity contribution is 7.89. The minimum atomic E-state index is -3.54. The highest BCUT2D eigenvalue weighted by atomic mass is 35.5. The van der Waals surface area contributed by atoms with Gasteiger partial charge in [-0.15, -0.1) is 0 Å². The summed E-state index contributed by atoms with van der Waals surface area (Å²) < 4.78 is 33.0. The summed E-state index contributed by atoms with van der Waals surface area (Å²) in [6.45, 7) is 1.15. The minimum absolute atomic E-state index is 0.0345. The van der Waals surface area contributed by atoms with Crippen LogP contribution in [0.15, 0.2) is 23.1 Å². The smallest absolute Gasteiger partial charge is 0.243 e. The Kier molecular flexibility index (Phi) is 4.25. The van der Waals surface area contributed by atoms with Gasteiger partial charge in [0.2, 0.25) is 10.0 Å². The van der Waals surface area contributed by atoms with Gasteiger partial charge in [0, 0.05) is 18.1 Å². The number of halogens is 1. The van der Waals surface area contributed by atoms with Crippen molar-refractivity contribution in [1.29, 1.82) is 0 Å². The molecule has 1 aromatic carbocycles. The average Bonchev–Trinajstić information content (AvgIpc) is 2.95. The van der Waals surface area contributed by atoms with Crippen LogP contribution in [0.5, 0.6) is 0 Å². The van der Waals surface area contributed by atoms with Gasteiger partial charge in [0.15, 0.2) is 0 Å². The molecule has 2 N–H and O–H groups in total. The molecule has 0 radical (unpaired) electrons. The lowest BCUT2D eigenvalue weighted by atomic mass is 10.2. The van der Waals surface area contributed by atoms with Gasteiger partial charge >= 0.3 is 0 Å². The second kappa shape index (κ2) is 5.85. The monoisotopic (exact) mass is 330 g/mol. The van der Waals surface area contributed by atoms with Gasteiger partial charge in [-0.3, -0.25) is 0 Å². The molecule has 1 aliphatic heterocycles. The molecular formula is C14H19ClN2O3S. The Bertz CT molecular complexity index is 635. The van der Waals surface area contributed by atoms with Crippen molar-refractivity contribution in [3.63, 3.8) is 0 Å². The predicted octanol–water partition coefficient (Wildman–Crippen LogP) is 1.74. The van der Waals surface area contributed by atoms with Crippen LogP contribution >= 0.6 is 11.6 Å². The van der Waals surface area contributed by atoms with Gasteiger partial charge in [0.05, 0.1) is 23.6 Å². The zero-order valence-corrected chi connectivity index (χ0v) is 13.2. The summed E-state index contributed by atoms with van der Waals surface area (Å²) in [6, 6.07) is 4.72. The van der Waals surface area contributed by atoms with Gasteiger partial charge in [-0.1, -0.05) is 17.7 Å². The molecule has 1 aliphatic carbocycles. The summed E-state index contributed by atoms with van der Waals surface area (Å²) in [5, 5.41) is 0.398. The molecule has 2 fully saturated rings. The first kappa shape index (κ1) is 15.2. The predicted molar refractivity (Wildman–Crippen MR) is 80.6 cm³/mol. The van der Waals surface area contributed by atoms with Crippen LogP contribution in [0.25, 0.3) is 0 Å². The van der Waals surface area contributed by atoms with E-state index in [1.54, 1.807) is 16.4 Å². The van der Waals surface area contributed by atoms with Crippen molar-refractivity contribution < 1.29 is 13.2 Å². The number of fused-ring (bicyclic) bond motifs is 1. The molecule has 0 amide bonds. The van der Waals surface area contributed by atoms with E-state index in [4.69, 9.17) is 22.1 Å². The fraction of sp³-hybridized carbons (Fsp3) is 0.571. The molecule has 116 valence electrons. The standard InChI is InChI=1S/C14H19ClN2O3S/c15-12-8-11(5-4-10(12)9-16)21(18,19)17-6-7-20-14-3-1-2-13(14)17/h4-5,8,13-14H,1-3,6-7,9,16H2. The molecule has 7 heteroatoms. The lowest BCUT2D eigenvalue weighted by Crippen LogP contribution is -2.51. The molecule has 2 aliphatic rings. The third-order valence-electron chi connectivity index (χ3n) is 4.28. The number of rotatable bonds is 3. The zero-order chi connectivity index (χ0) is 15.0. The van der Waals surface area contributed by atoms with E-state index in [1.807, 2.05) is 0 Å². The number of morpholine rings is 1. The summed E-state index contributed by atoms with van der Waals surface area (Å²) in [7, 11) is -3.54. The van der Waals surface area contributed by atoms with Crippen molar-refractivity contribution >= 4 is 21.6 Å². The van der Waals surface area contributed by atoms with Crippen molar-refractivity contribution in [2.75, 3.05) is 13.2 Å². The summed E-state index contributed by atoms with van der Waals surface area (Å²) in [6.07, 6.45) is 2.84. The van der Waals surface area contributed by atoms with E-state index in [1.165, 1.54) is 6.07 Å². The maximum absolute atomic E-state index is 12.9. The Balaban J connectivity index is 1.94. The molecule has 5 nitrogen and oxygen atoms in total. The highest BCUT2D eigenvalue weighted by Gasteiger charge is 2.42. The van der Waals surface area contributed by atoms with Crippen LogP contribution in [0, 0.1) is 0 Å². The van der Waals surface area contributed by atoms with Gasteiger partial charge in [0.1, 0.15) is 0 Å². The quantitative estimate of drug-likeness (QED) is 0.916. The molecular weight excluding hydrogens is 312 g/mol. The number of nitrogens with two attached hydrogens (primary N) is 1. The Morgan fingerprint density at radius 3 is 2.90 bits per heavy atom. The number of benzene rings is 1. The topological polar surface area (TPSA) is 72.6 Å². The average molecular weight is 331 g/mol. The third kappa shape index (κ3) is 2.71. The second-order valence-corrected chi connectivity index (χ2v) is 7.78. The molecule has 0 bridgehead atoms. The van der Waals surface area contributed by atoms with E-state index in [2.05, 4.69) is 0 Å². The van der Waals surface area contributed by atoms with Crippen LogP contribution in [0.3, 0.4) is 0 Å². The van der Waals surface area contributed by atoms with Crippen LogP contribution in [0.2, 0.25) is 5.02 Å². The lowest BCUT2D eigenvalue weighted by molar-refractivity contribution is -0.0241. The normalized spacial score (nSPS) is 26.8. The molecule has 1 saturated heterocycles. The van der Waals surface area contributed by atoms with Crippen molar-refractivity contribution in [2.45, 2.75) is 42.8 Å². The van der Waals surface area contributed by atoms with Gasteiger partial charge < -0.3 is 10.5 Å². The maximum atomic E-state index is 12.9. The molecule has 2 atom stereocenters. The van der Waals surface area contributed by atoms with Crippen LogP contribution in [-0.4, -0.2) is 38.0 Å². The maximum Gasteiger partial charge on any atom is 0.243 e. The zero-order valence-electron chi connectivity index (χ0n) is 11.7. The van der Waals surface area contributed by atoms with Gasteiger partial charge in [-0.25, -0.2) is 8.42 Å². The fourth-order valence-electron chi connectivity index (χ4n) is 3.18. The molecule has 21 heavy (non-hydrogen) atoms. The van der Waals surface area contributed by atoms with Crippen LogP contribution < -0.4 is 5.73 Å². The Morgan fingerprint density at radius 2 is 2.19 bits per heavy atom. The van der Waals surface area contributed by atoms with E-state index in [9.17, 15) is 8.42 Å². The number of hydrogen-bond donors (Lipinski definition) is 1. The largest absolute Gasteiger partial charge is 0.375 e. The molecule has 0 spiro atoms. The van der Waals surface area contributed by atoms with E-state index >= 15 is 0 Å². The number of sulfonamides is 1. The third-order valence-corrected chi connectivity index (χ3v) is 6.55. The lowest BCUT2D eigenvalue weighted by Gasteiger charge is -2.36. The van der Waals surface area contributed by atoms with Crippen molar-refractivity contribution in [3.8, 4) is 0 Å². The first-order valence-corrected chi connectivity index (χ1v) is 8.98. The molecule has 1 aromatic rings. The van der Waals surface area contributed by atoms with Crippen molar-refractivity contribution in [3.05, 3.63) is 28.8 Å². The van der Waals surface area contributed by atoms with Crippen molar-refractivity contribution in [1.82, 2.24) is 4.31 Å². The number of hydrogen-bond acceptors (Lipinski definition) is 4. The molecule has 1 heterocycles. The Morgan fingerprint density at radius 1 is 1.38 bits per heavy atom. The summed E-state index contributed by atoms with van der Waals surface area (Å²) in [5.74, 6) is 0. The number of nitrogens with zero attached hydrogens (tertiary/aromatic N) is 1. The van der Waals surface area contributed by atoms with Gasteiger partial charge in [-0.05, 0) is 37.0 Å². The van der Waals surface area contributed by atoms with Crippen LogP contribution in [0.4, 0.5) is 0 Å². The summed E-state index contributed by atoms with van der Waals surface area (Å²) >= 11 is 6.10. The van der Waals surface area contributed by atoms with E-state index < -0.39 is 10.0 Å². The summed E-state index contributed by atoms with van der Waals surface area (Å²) in [5.41, 5.74) is 6.31. The SMILES string of the molecule is NCc1ccc(S(=O)(=O)N2CCOC3CCCC32)cc1Cl. The number of ether oxygens (including phenoxy) is 1. The molecule has 2 unspecified atom stereocenters. The van der Waals surface area contributed by atoms with E-state index in [0.29, 0.717) is 24.7 Å². The Hall–Kier alpha value is -0.660. The molecule has 3 rings (SSSR count). The van der Waals surface area contributed by atoms with E-state index in [0.717, 1.165) is 24.8 Å². The van der Waals surface area contributed by atoms with Crippen molar-refractivity contribution in [2.24, 2.45) is 5.73 Å².